The maximum absolute atomic E-state index is 12.4. The van der Waals surface area contributed by atoms with Crippen LogP contribution >= 0.6 is 0 Å². The summed E-state index contributed by atoms with van der Waals surface area (Å²) in [7, 11) is 3.78. The summed E-state index contributed by atoms with van der Waals surface area (Å²) in [5.41, 5.74) is 3.20. The Kier molecular flexibility index (Phi) is 5.06. The fraction of sp³-hybridized carbons (Fsp3) is 0.294. The minimum absolute atomic E-state index is 0.0198. The van der Waals surface area contributed by atoms with Gasteiger partial charge in [-0.2, -0.15) is 0 Å². The summed E-state index contributed by atoms with van der Waals surface area (Å²) in [4.78, 5) is 18.4. The molecule has 1 unspecified atom stereocenters. The Morgan fingerprint density at radius 2 is 1.95 bits per heavy atom. The van der Waals surface area contributed by atoms with E-state index in [4.69, 9.17) is 0 Å². The molecule has 21 heavy (non-hydrogen) atoms. The quantitative estimate of drug-likeness (QED) is 0.916. The van der Waals surface area contributed by atoms with Crippen LogP contribution < -0.4 is 5.32 Å². The Hall–Kier alpha value is -2.20. The number of rotatable bonds is 5. The highest BCUT2D eigenvalue weighted by atomic mass is 16.2. The van der Waals surface area contributed by atoms with Gasteiger partial charge in [0.25, 0.3) is 0 Å². The van der Waals surface area contributed by atoms with Crippen LogP contribution in [-0.4, -0.2) is 29.9 Å². The van der Waals surface area contributed by atoms with Crippen molar-refractivity contribution in [3.05, 3.63) is 65.5 Å². The molecule has 110 valence electrons. The molecule has 1 atom stereocenters. The summed E-state index contributed by atoms with van der Waals surface area (Å²) in [6.07, 6.45) is 3.44. The average Bonchev–Trinajstić information content (AvgIpc) is 2.47. The van der Waals surface area contributed by atoms with Crippen LogP contribution in [0.5, 0.6) is 0 Å². The van der Waals surface area contributed by atoms with Crippen molar-refractivity contribution in [2.75, 3.05) is 14.1 Å². The van der Waals surface area contributed by atoms with Crippen LogP contribution in [0.25, 0.3) is 0 Å². The van der Waals surface area contributed by atoms with E-state index in [9.17, 15) is 4.79 Å². The molecule has 0 aliphatic carbocycles. The Morgan fingerprint density at radius 1 is 1.24 bits per heavy atom. The lowest BCUT2D eigenvalue weighted by Crippen LogP contribution is -2.36. The first-order valence-corrected chi connectivity index (χ1v) is 6.97. The Labute approximate surface area is 125 Å². The van der Waals surface area contributed by atoms with E-state index in [0.717, 1.165) is 11.1 Å². The molecule has 0 radical (unpaired) electrons. The van der Waals surface area contributed by atoms with E-state index in [1.807, 2.05) is 62.3 Å². The predicted molar refractivity (Wildman–Crippen MR) is 83.7 cm³/mol. The predicted octanol–water partition coefficient (Wildman–Crippen LogP) is 2.31. The summed E-state index contributed by atoms with van der Waals surface area (Å²) >= 11 is 0. The molecule has 0 saturated heterocycles. The fourth-order valence-corrected chi connectivity index (χ4v) is 2.21. The molecule has 1 heterocycles. The van der Waals surface area contributed by atoms with Gasteiger partial charge in [-0.25, -0.2) is 0 Å². The van der Waals surface area contributed by atoms with E-state index < -0.39 is 0 Å². The molecule has 0 aliphatic rings. The second-order valence-corrected chi connectivity index (χ2v) is 5.36. The zero-order valence-electron chi connectivity index (χ0n) is 12.7. The third-order valence-electron chi connectivity index (χ3n) is 3.35. The molecule has 0 saturated carbocycles. The Bertz CT molecular complexity index is 579. The second kappa shape index (κ2) is 6.99. The standard InChI is InChI=1S/C17H21N3O/c1-13-6-8-14(9-7-13)11-19-17(21)16(20(2)3)15-5-4-10-18-12-15/h4-10,12,16H,11H2,1-3H3,(H,19,21). The normalized spacial score (nSPS) is 12.2. The lowest BCUT2D eigenvalue weighted by molar-refractivity contribution is -0.125. The minimum atomic E-state index is -0.329. The number of nitrogens with zero attached hydrogens (tertiary/aromatic N) is 2. The lowest BCUT2D eigenvalue weighted by atomic mass is 10.1. The molecule has 0 spiro atoms. The van der Waals surface area contributed by atoms with Gasteiger partial charge in [0.05, 0.1) is 0 Å². The molecular weight excluding hydrogens is 262 g/mol. The Morgan fingerprint density at radius 3 is 2.52 bits per heavy atom. The molecule has 1 aromatic heterocycles. The number of aryl methyl sites for hydroxylation is 1. The number of likely N-dealkylation sites (N-methyl/N-ethyl adjacent to an activating group) is 1. The number of carbonyl (C=O) groups is 1. The van der Waals surface area contributed by atoms with Crippen LogP contribution in [0.3, 0.4) is 0 Å². The van der Waals surface area contributed by atoms with Gasteiger partial charge in [0.1, 0.15) is 6.04 Å². The van der Waals surface area contributed by atoms with Gasteiger partial charge in [0, 0.05) is 18.9 Å². The van der Waals surface area contributed by atoms with Crippen molar-refractivity contribution in [1.82, 2.24) is 15.2 Å². The van der Waals surface area contributed by atoms with Crippen LogP contribution in [-0.2, 0) is 11.3 Å². The van der Waals surface area contributed by atoms with Gasteiger partial charge in [-0.15, -0.1) is 0 Å². The highest BCUT2D eigenvalue weighted by Gasteiger charge is 2.22. The second-order valence-electron chi connectivity index (χ2n) is 5.36. The highest BCUT2D eigenvalue weighted by molar-refractivity contribution is 5.83. The molecule has 1 aromatic carbocycles. The van der Waals surface area contributed by atoms with Gasteiger partial charge >= 0.3 is 0 Å². The molecule has 0 aliphatic heterocycles. The number of amides is 1. The minimum Gasteiger partial charge on any atom is -0.350 e. The molecule has 1 amide bonds. The molecule has 0 bridgehead atoms. The Balaban J connectivity index is 2.04. The average molecular weight is 283 g/mol. The van der Waals surface area contributed by atoms with Crippen molar-refractivity contribution in [3.63, 3.8) is 0 Å². The van der Waals surface area contributed by atoms with Gasteiger partial charge in [-0.3, -0.25) is 14.7 Å². The van der Waals surface area contributed by atoms with Crippen molar-refractivity contribution in [3.8, 4) is 0 Å². The number of nitrogens with one attached hydrogen (secondary N) is 1. The summed E-state index contributed by atoms with van der Waals surface area (Å²) < 4.78 is 0. The molecule has 2 rings (SSSR count). The smallest absolute Gasteiger partial charge is 0.242 e. The fourth-order valence-electron chi connectivity index (χ4n) is 2.21. The van der Waals surface area contributed by atoms with Gasteiger partial charge in [0.2, 0.25) is 5.91 Å². The number of aromatic nitrogens is 1. The molecule has 0 fully saturated rings. The summed E-state index contributed by atoms with van der Waals surface area (Å²) in [5, 5.41) is 2.99. The van der Waals surface area contributed by atoms with Gasteiger partial charge in [-0.1, -0.05) is 35.9 Å². The number of hydrogen-bond acceptors (Lipinski definition) is 3. The van der Waals surface area contributed by atoms with E-state index in [1.165, 1.54) is 5.56 Å². The van der Waals surface area contributed by atoms with E-state index >= 15 is 0 Å². The first-order chi connectivity index (χ1) is 10.1. The molecule has 2 aromatic rings. The van der Waals surface area contributed by atoms with Gasteiger partial charge < -0.3 is 5.32 Å². The van der Waals surface area contributed by atoms with Crippen LogP contribution in [0.4, 0.5) is 0 Å². The number of pyridine rings is 1. The van der Waals surface area contributed by atoms with E-state index in [0.29, 0.717) is 6.54 Å². The summed E-state index contributed by atoms with van der Waals surface area (Å²) in [6.45, 7) is 2.58. The molecule has 4 nitrogen and oxygen atoms in total. The van der Waals surface area contributed by atoms with E-state index in [1.54, 1.807) is 12.4 Å². The van der Waals surface area contributed by atoms with Crippen LogP contribution in [0.2, 0.25) is 0 Å². The highest BCUT2D eigenvalue weighted by Crippen LogP contribution is 2.17. The van der Waals surface area contributed by atoms with Crippen molar-refractivity contribution in [1.29, 1.82) is 0 Å². The lowest BCUT2D eigenvalue weighted by Gasteiger charge is -2.23. The van der Waals surface area contributed by atoms with E-state index in [2.05, 4.69) is 10.3 Å². The third kappa shape index (κ3) is 4.13. The van der Waals surface area contributed by atoms with Crippen molar-refractivity contribution < 1.29 is 4.79 Å². The first-order valence-electron chi connectivity index (χ1n) is 6.97. The maximum Gasteiger partial charge on any atom is 0.242 e. The largest absolute Gasteiger partial charge is 0.350 e. The zero-order valence-corrected chi connectivity index (χ0v) is 12.7. The van der Waals surface area contributed by atoms with Crippen molar-refractivity contribution in [2.24, 2.45) is 0 Å². The molecule has 4 heteroatoms. The van der Waals surface area contributed by atoms with E-state index in [-0.39, 0.29) is 11.9 Å². The zero-order chi connectivity index (χ0) is 15.2. The molecular formula is C17H21N3O. The van der Waals surface area contributed by atoms with Crippen molar-refractivity contribution >= 4 is 5.91 Å². The molecule has 1 N–H and O–H groups in total. The first kappa shape index (κ1) is 15.2. The van der Waals surface area contributed by atoms with Crippen molar-refractivity contribution in [2.45, 2.75) is 19.5 Å². The van der Waals surface area contributed by atoms with Crippen LogP contribution in [0, 0.1) is 6.92 Å². The number of carbonyl (C=O) groups excluding carboxylic acids is 1. The summed E-state index contributed by atoms with van der Waals surface area (Å²) in [5.74, 6) is -0.0198. The van der Waals surface area contributed by atoms with Crippen LogP contribution in [0.15, 0.2) is 48.8 Å². The van der Waals surface area contributed by atoms with Gasteiger partial charge in [-0.05, 0) is 38.2 Å². The SMILES string of the molecule is Cc1ccc(CNC(=O)C(c2cccnc2)N(C)C)cc1. The number of benzene rings is 1. The number of hydrogen-bond donors (Lipinski definition) is 1. The summed E-state index contributed by atoms with van der Waals surface area (Å²) in [6, 6.07) is 11.6. The third-order valence-corrected chi connectivity index (χ3v) is 3.35. The monoisotopic (exact) mass is 283 g/mol. The van der Waals surface area contributed by atoms with Crippen LogP contribution in [0.1, 0.15) is 22.7 Å². The maximum atomic E-state index is 12.4. The van der Waals surface area contributed by atoms with Gasteiger partial charge in [0.15, 0.2) is 0 Å². The topological polar surface area (TPSA) is 45.2 Å².